The third-order valence-electron chi connectivity index (χ3n) is 4.55. The molecule has 146 valence electrons. The maximum Gasteiger partial charge on any atom is 0.387 e. The van der Waals surface area contributed by atoms with Crippen molar-refractivity contribution in [2.24, 2.45) is 0 Å². The second-order valence-electron chi connectivity index (χ2n) is 7.07. The maximum atomic E-state index is 12.5. The average molecular weight is 377 g/mol. The SMILES string of the molecule is CC(NCCc1ccccc1OC(F)F)c1ccc2c(c1)COC(C)(C)O2. The van der Waals surface area contributed by atoms with E-state index in [1.165, 1.54) is 0 Å². The minimum absolute atomic E-state index is 0.105. The number of rotatable bonds is 7. The molecule has 0 saturated carbocycles. The molecule has 0 spiro atoms. The van der Waals surface area contributed by atoms with Gasteiger partial charge in [0.2, 0.25) is 5.79 Å². The van der Waals surface area contributed by atoms with Gasteiger partial charge in [0.25, 0.3) is 0 Å². The van der Waals surface area contributed by atoms with Crippen molar-refractivity contribution in [1.29, 1.82) is 0 Å². The molecule has 1 heterocycles. The number of fused-ring (bicyclic) bond motifs is 1. The van der Waals surface area contributed by atoms with Gasteiger partial charge < -0.3 is 19.5 Å². The van der Waals surface area contributed by atoms with E-state index in [4.69, 9.17) is 9.47 Å². The van der Waals surface area contributed by atoms with E-state index < -0.39 is 12.4 Å². The van der Waals surface area contributed by atoms with E-state index in [1.54, 1.807) is 18.2 Å². The van der Waals surface area contributed by atoms with Crippen molar-refractivity contribution in [3.8, 4) is 11.5 Å². The zero-order valence-electron chi connectivity index (χ0n) is 15.8. The molecule has 0 aromatic heterocycles. The van der Waals surface area contributed by atoms with Crippen LogP contribution in [-0.2, 0) is 17.8 Å². The van der Waals surface area contributed by atoms with E-state index in [1.807, 2.05) is 32.0 Å². The summed E-state index contributed by atoms with van der Waals surface area (Å²) < 4.78 is 41.1. The van der Waals surface area contributed by atoms with Crippen LogP contribution in [-0.4, -0.2) is 18.9 Å². The third kappa shape index (κ3) is 5.17. The first-order valence-electron chi connectivity index (χ1n) is 9.06. The van der Waals surface area contributed by atoms with Crippen LogP contribution in [0.15, 0.2) is 42.5 Å². The molecule has 6 heteroatoms. The first kappa shape index (κ1) is 19.6. The summed E-state index contributed by atoms with van der Waals surface area (Å²) >= 11 is 0. The Morgan fingerprint density at radius 3 is 2.74 bits per heavy atom. The van der Waals surface area contributed by atoms with Gasteiger partial charge in [0.05, 0.1) is 6.61 Å². The molecular weight excluding hydrogens is 352 g/mol. The lowest BCUT2D eigenvalue weighted by atomic mass is 10.0. The minimum atomic E-state index is -2.82. The van der Waals surface area contributed by atoms with Gasteiger partial charge >= 0.3 is 6.61 Å². The number of alkyl halides is 2. The van der Waals surface area contributed by atoms with Gasteiger partial charge in [-0.3, -0.25) is 0 Å². The van der Waals surface area contributed by atoms with Crippen LogP contribution in [0.1, 0.15) is 43.5 Å². The van der Waals surface area contributed by atoms with Crippen LogP contribution in [0.5, 0.6) is 11.5 Å². The normalized spacial score (nSPS) is 16.5. The second kappa shape index (κ2) is 8.23. The van der Waals surface area contributed by atoms with Crippen molar-refractivity contribution in [1.82, 2.24) is 5.32 Å². The predicted octanol–water partition coefficient (Wildman–Crippen LogP) is 4.83. The molecule has 4 nitrogen and oxygen atoms in total. The van der Waals surface area contributed by atoms with Gasteiger partial charge in [-0.1, -0.05) is 24.3 Å². The summed E-state index contributed by atoms with van der Waals surface area (Å²) in [5, 5.41) is 3.43. The summed E-state index contributed by atoms with van der Waals surface area (Å²) in [6.45, 7) is 4.19. The number of hydrogen-bond acceptors (Lipinski definition) is 4. The highest BCUT2D eigenvalue weighted by molar-refractivity contribution is 5.39. The van der Waals surface area contributed by atoms with Gasteiger partial charge in [0.15, 0.2) is 0 Å². The highest BCUT2D eigenvalue weighted by Gasteiger charge is 2.27. The zero-order chi connectivity index (χ0) is 19.4. The van der Waals surface area contributed by atoms with Gasteiger partial charge in [-0.05, 0) is 49.2 Å². The Bertz CT molecular complexity index is 780. The van der Waals surface area contributed by atoms with Crippen molar-refractivity contribution in [3.05, 3.63) is 59.2 Å². The monoisotopic (exact) mass is 377 g/mol. The first-order valence-corrected chi connectivity index (χ1v) is 9.06. The highest BCUT2D eigenvalue weighted by Crippen LogP contribution is 2.32. The molecule has 0 saturated heterocycles. The van der Waals surface area contributed by atoms with Crippen molar-refractivity contribution >= 4 is 0 Å². The quantitative estimate of drug-likeness (QED) is 0.750. The molecule has 1 aliphatic heterocycles. The molecule has 0 amide bonds. The Morgan fingerprint density at radius 1 is 1.19 bits per heavy atom. The second-order valence-corrected chi connectivity index (χ2v) is 7.07. The van der Waals surface area contributed by atoms with E-state index in [0.717, 1.165) is 22.4 Å². The number of benzene rings is 2. The molecule has 1 N–H and O–H groups in total. The van der Waals surface area contributed by atoms with E-state index in [2.05, 4.69) is 23.0 Å². The molecule has 1 aliphatic rings. The smallest absolute Gasteiger partial charge is 0.387 e. The Kier molecular flexibility index (Phi) is 5.97. The van der Waals surface area contributed by atoms with Crippen molar-refractivity contribution in [2.45, 2.75) is 52.2 Å². The fraction of sp³-hybridized carbons (Fsp3) is 0.429. The minimum Gasteiger partial charge on any atom is -0.463 e. The summed E-state index contributed by atoms with van der Waals surface area (Å²) in [4.78, 5) is 0. The highest BCUT2D eigenvalue weighted by atomic mass is 19.3. The predicted molar refractivity (Wildman–Crippen MR) is 99.1 cm³/mol. The van der Waals surface area contributed by atoms with Crippen LogP contribution >= 0.6 is 0 Å². The molecule has 2 aromatic carbocycles. The number of ether oxygens (including phenoxy) is 3. The van der Waals surface area contributed by atoms with Crippen LogP contribution < -0.4 is 14.8 Å². The van der Waals surface area contributed by atoms with Crippen LogP contribution in [0.2, 0.25) is 0 Å². The van der Waals surface area contributed by atoms with E-state index in [9.17, 15) is 8.78 Å². The summed E-state index contributed by atoms with van der Waals surface area (Å²) in [6, 6.07) is 13.1. The summed E-state index contributed by atoms with van der Waals surface area (Å²) in [5.41, 5.74) is 2.90. The fourth-order valence-electron chi connectivity index (χ4n) is 3.09. The lowest BCUT2D eigenvalue weighted by Gasteiger charge is -2.33. The van der Waals surface area contributed by atoms with E-state index in [-0.39, 0.29) is 11.8 Å². The standard InChI is InChI=1S/C21H25F2NO3/c1-14(16-8-9-19-17(12-16)13-25-21(2,3)27-19)24-11-10-15-6-4-5-7-18(15)26-20(22)23/h4-9,12,14,20,24H,10-11,13H2,1-3H3. The first-order chi connectivity index (χ1) is 12.8. The van der Waals surface area contributed by atoms with Gasteiger partial charge in [-0.25, -0.2) is 0 Å². The number of hydrogen-bond donors (Lipinski definition) is 1. The van der Waals surface area contributed by atoms with Gasteiger partial charge in [-0.15, -0.1) is 0 Å². The molecule has 3 rings (SSSR count). The molecule has 0 bridgehead atoms. The molecule has 1 unspecified atom stereocenters. The summed E-state index contributed by atoms with van der Waals surface area (Å²) in [7, 11) is 0. The van der Waals surface area contributed by atoms with Crippen LogP contribution in [0.25, 0.3) is 0 Å². The number of halogens is 2. The fourth-order valence-corrected chi connectivity index (χ4v) is 3.09. The lowest BCUT2D eigenvalue weighted by Crippen LogP contribution is -2.35. The molecule has 0 radical (unpaired) electrons. The summed E-state index contributed by atoms with van der Waals surface area (Å²) in [5.74, 6) is 0.472. The third-order valence-corrected chi connectivity index (χ3v) is 4.55. The summed E-state index contributed by atoms with van der Waals surface area (Å²) in [6.07, 6.45) is 0.596. The largest absolute Gasteiger partial charge is 0.463 e. The van der Waals surface area contributed by atoms with Crippen LogP contribution in [0.4, 0.5) is 8.78 Å². The lowest BCUT2D eigenvalue weighted by molar-refractivity contribution is -0.180. The number of para-hydroxylation sites is 1. The molecule has 2 aromatic rings. The van der Waals surface area contributed by atoms with Crippen molar-refractivity contribution in [2.75, 3.05) is 6.54 Å². The van der Waals surface area contributed by atoms with Gasteiger partial charge in [0, 0.05) is 25.5 Å². The molecule has 27 heavy (non-hydrogen) atoms. The molecule has 1 atom stereocenters. The molecule has 0 fully saturated rings. The van der Waals surface area contributed by atoms with Crippen molar-refractivity contribution < 1.29 is 23.0 Å². The van der Waals surface area contributed by atoms with Gasteiger partial charge in [-0.2, -0.15) is 8.78 Å². The Hall–Kier alpha value is -2.18. The van der Waals surface area contributed by atoms with Crippen molar-refractivity contribution in [3.63, 3.8) is 0 Å². The number of nitrogens with one attached hydrogen (secondary N) is 1. The van der Waals surface area contributed by atoms with Crippen LogP contribution in [0, 0.1) is 0 Å². The Labute approximate surface area is 158 Å². The average Bonchev–Trinajstić information content (AvgIpc) is 2.61. The Balaban J connectivity index is 1.58. The zero-order valence-corrected chi connectivity index (χ0v) is 15.8. The maximum absolute atomic E-state index is 12.5. The van der Waals surface area contributed by atoms with Gasteiger partial charge in [0.1, 0.15) is 11.5 Å². The Morgan fingerprint density at radius 2 is 1.96 bits per heavy atom. The molecule has 0 aliphatic carbocycles. The van der Waals surface area contributed by atoms with E-state index in [0.29, 0.717) is 19.6 Å². The van der Waals surface area contributed by atoms with E-state index >= 15 is 0 Å². The molecular formula is C21H25F2NO3. The van der Waals surface area contributed by atoms with Crippen LogP contribution in [0.3, 0.4) is 0 Å². The topological polar surface area (TPSA) is 39.7 Å².